The van der Waals surface area contributed by atoms with Crippen LogP contribution in [0, 0.1) is 0 Å². The average Bonchev–Trinajstić information content (AvgIpc) is 3.08. The Morgan fingerprint density at radius 3 is 2.82 bits per heavy atom. The predicted octanol–water partition coefficient (Wildman–Crippen LogP) is 4.09. The molecule has 22 heavy (non-hydrogen) atoms. The minimum absolute atomic E-state index is 0.261. The van der Waals surface area contributed by atoms with Crippen molar-refractivity contribution in [1.29, 1.82) is 0 Å². The topological polar surface area (TPSA) is 59.4 Å². The van der Waals surface area contributed by atoms with Crippen LogP contribution in [-0.2, 0) is 6.61 Å². The van der Waals surface area contributed by atoms with Gasteiger partial charge < -0.3 is 9.84 Å². The van der Waals surface area contributed by atoms with Crippen molar-refractivity contribution in [2.24, 2.45) is 0 Å². The molecule has 2 aromatic carbocycles. The first-order valence-electron chi connectivity index (χ1n) is 6.66. The normalized spacial score (nSPS) is 10.4. The van der Waals surface area contributed by atoms with E-state index >= 15 is 0 Å². The second kappa shape index (κ2) is 6.41. The first-order chi connectivity index (χ1) is 10.7. The van der Waals surface area contributed by atoms with Gasteiger partial charge in [0.25, 0.3) is 0 Å². The Balaban J connectivity index is 1.73. The zero-order valence-corrected chi connectivity index (χ0v) is 12.4. The third kappa shape index (κ3) is 3.32. The van der Waals surface area contributed by atoms with Crippen LogP contribution in [0.1, 0.15) is 15.9 Å². The van der Waals surface area contributed by atoms with Crippen molar-refractivity contribution in [3.05, 3.63) is 70.5 Å². The maximum atomic E-state index is 11.0. The Hall–Kier alpha value is -2.66. The summed E-state index contributed by atoms with van der Waals surface area (Å²) < 4.78 is 5.75. The number of carbonyl (C=O) groups is 1. The number of ether oxygens (including phenoxy) is 1. The molecule has 0 unspecified atom stereocenters. The van der Waals surface area contributed by atoms with Crippen LogP contribution in [0.2, 0.25) is 0 Å². The van der Waals surface area contributed by atoms with E-state index in [0.29, 0.717) is 6.61 Å². The lowest BCUT2D eigenvalue weighted by Crippen LogP contribution is -2.00. The van der Waals surface area contributed by atoms with Crippen molar-refractivity contribution in [3.63, 3.8) is 0 Å². The molecule has 0 radical (unpaired) electrons. The van der Waals surface area contributed by atoms with E-state index in [1.807, 2.05) is 35.7 Å². The van der Waals surface area contributed by atoms with Crippen molar-refractivity contribution in [1.82, 2.24) is 4.98 Å². The molecule has 1 N–H and O–H groups in total. The summed E-state index contributed by atoms with van der Waals surface area (Å²) in [5, 5.41) is 11.0. The van der Waals surface area contributed by atoms with E-state index in [9.17, 15) is 4.79 Å². The number of aromatic carboxylic acids is 1. The number of thiazole rings is 1. The van der Waals surface area contributed by atoms with Gasteiger partial charge in [0.1, 0.15) is 12.4 Å². The molecule has 0 aliphatic carbocycles. The lowest BCUT2D eigenvalue weighted by atomic mass is 10.1. The molecule has 4 nitrogen and oxygen atoms in total. The highest BCUT2D eigenvalue weighted by molar-refractivity contribution is 7.07. The van der Waals surface area contributed by atoms with Crippen LogP contribution in [0.4, 0.5) is 0 Å². The van der Waals surface area contributed by atoms with Gasteiger partial charge >= 0.3 is 5.97 Å². The molecular formula is C17H13NO3S. The van der Waals surface area contributed by atoms with Gasteiger partial charge in [-0.25, -0.2) is 9.78 Å². The van der Waals surface area contributed by atoms with Gasteiger partial charge in [-0.2, -0.15) is 0 Å². The van der Waals surface area contributed by atoms with Gasteiger partial charge in [-0.3, -0.25) is 0 Å². The van der Waals surface area contributed by atoms with Crippen molar-refractivity contribution in [2.75, 3.05) is 0 Å². The number of hydrogen-bond donors (Lipinski definition) is 1. The molecule has 0 amide bonds. The number of carboxylic acids is 1. The Kier molecular flexibility index (Phi) is 4.16. The Morgan fingerprint density at radius 2 is 2.05 bits per heavy atom. The van der Waals surface area contributed by atoms with E-state index in [4.69, 9.17) is 9.84 Å². The molecular weight excluding hydrogens is 298 g/mol. The molecule has 0 aliphatic rings. The van der Waals surface area contributed by atoms with Crippen LogP contribution in [0.15, 0.2) is 59.4 Å². The largest absolute Gasteiger partial charge is 0.489 e. The van der Waals surface area contributed by atoms with Crippen molar-refractivity contribution >= 4 is 17.3 Å². The SMILES string of the molecule is O=C(O)c1cccc(COc2cccc(-c3cscn3)c2)c1. The summed E-state index contributed by atoms with van der Waals surface area (Å²) in [5.74, 6) is -0.210. The standard InChI is InChI=1S/C17H13NO3S/c19-17(20)14-5-1-3-12(7-14)9-21-15-6-2-4-13(8-15)16-10-22-11-18-16/h1-8,10-11H,9H2,(H,19,20). The number of nitrogens with zero attached hydrogens (tertiary/aromatic N) is 1. The van der Waals surface area contributed by atoms with E-state index in [1.54, 1.807) is 35.0 Å². The summed E-state index contributed by atoms with van der Waals surface area (Å²) in [5.41, 5.74) is 4.79. The minimum atomic E-state index is -0.938. The summed E-state index contributed by atoms with van der Waals surface area (Å²) in [6.07, 6.45) is 0. The van der Waals surface area contributed by atoms with E-state index in [0.717, 1.165) is 22.6 Å². The second-order valence-electron chi connectivity index (χ2n) is 4.70. The Bertz CT molecular complexity index is 784. The van der Waals surface area contributed by atoms with Gasteiger partial charge in [0.15, 0.2) is 0 Å². The van der Waals surface area contributed by atoms with Gasteiger partial charge in [0.2, 0.25) is 0 Å². The second-order valence-corrected chi connectivity index (χ2v) is 5.41. The summed E-state index contributed by atoms with van der Waals surface area (Å²) in [7, 11) is 0. The summed E-state index contributed by atoms with van der Waals surface area (Å²) in [4.78, 5) is 15.2. The molecule has 0 atom stereocenters. The lowest BCUT2D eigenvalue weighted by Gasteiger charge is -2.08. The van der Waals surface area contributed by atoms with Crippen LogP contribution in [0.3, 0.4) is 0 Å². The molecule has 0 saturated heterocycles. The fraction of sp³-hybridized carbons (Fsp3) is 0.0588. The monoisotopic (exact) mass is 311 g/mol. The maximum Gasteiger partial charge on any atom is 0.335 e. The summed E-state index contributed by atoms with van der Waals surface area (Å²) >= 11 is 1.55. The molecule has 110 valence electrons. The van der Waals surface area contributed by atoms with Crippen molar-refractivity contribution < 1.29 is 14.6 Å². The fourth-order valence-corrected chi connectivity index (χ4v) is 2.62. The number of carboxylic acid groups (broad SMARTS) is 1. The predicted molar refractivity (Wildman–Crippen MR) is 85.3 cm³/mol. The molecule has 1 heterocycles. The third-order valence-electron chi connectivity index (χ3n) is 3.14. The summed E-state index contributed by atoms with van der Waals surface area (Å²) in [6.45, 7) is 0.321. The van der Waals surface area contributed by atoms with Gasteiger partial charge in [-0.1, -0.05) is 24.3 Å². The van der Waals surface area contributed by atoms with E-state index in [-0.39, 0.29) is 5.56 Å². The van der Waals surface area contributed by atoms with Crippen LogP contribution in [0.5, 0.6) is 5.75 Å². The molecule has 0 bridgehead atoms. The average molecular weight is 311 g/mol. The van der Waals surface area contributed by atoms with Gasteiger partial charge in [-0.15, -0.1) is 11.3 Å². The molecule has 0 saturated carbocycles. The van der Waals surface area contributed by atoms with E-state index in [1.165, 1.54) is 0 Å². The highest BCUT2D eigenvalue weighted by atomic mass is 32.1. The first-order valence-corrected chi connectivity index (χ1v) is 7.60. The quantitative estimate of drug-likeness (QED) is 0.771. The lowest BCUT2D eigenvalue weighted by molar-refractivity contribution is 0.0696. The molecule has 3 rings (SSSR count). The van der Waals surface area contributed by atoms with E-state index in [2.05, 4.69) is 4.98 Å². The highest BCUT2D eigenvalue weighted by Gasteiger charge is 2.05. The molecule has 0 fully saturated rings. The number of benzene rings is 2. The third-order valence-corrected chi connectivity index (χ3v) is 3.73. The number of aromatic nitrogens is 1. The van der Waals surface area contributed by atoms with Crippen LogP contribution >= 0.6 is 11.3 Å². The zero-order chi connectivity index (χ0) is 15.4. The van der Waals surface area contributed by atoms with Crippen LogP contribution in [-0.4, -0.2) is 16.1 Å². The Morgan fingerprint density at radius 1 is 1.18 bits per heavy atom. The van der Waals surface area contributed by atoms with Crippen LogP contribution in [0.25, 0.3) is 11.3 Å². The molecule has 0 spiro atoms. The molecule has 1 aromatic heterocycles. The molecule has 0 aliphatic heterocycles. The minimum Gasteiger partial charge on any atom is -0.489 e. The first kappa shape index (κ1) is 14.3. The highest BCUT2D eigenvalue weighted by Crippen LogP contribution is 2.24. The van der Waals surface area contributed by atoms with Crippen molar-refractivity contribution in [3.8, 4) is 17.0 Å². The van der Waals surface area contributed by atoms with Gasteiger partial charge in [-0.05, 0) is 29.8 Å². The fourth-order valence-electron chi connectivity index (χ4n) is 2.06. The van der Waals surface area contributed by atoms with Gasteiger partial charge in [0, 0.05) is 10.9 Å². The molecule has 3 aromatic rings. The van der Waals surface area contributed by atoms with Crippen LogP contribution < -0.4 is 4.74 Å². The zero-order valence-electron chi connectivity index (χ0n) is 11.6. The summed E-state index contributed by atoms with van der Waals surface area (Å²) in [6, 6.07) is 14.4. The van der Waals surface area contributed by atoms with Gasteiger partial charge in [0.05, 0.1) is 16.8 Å². The Labute approximate surface area is 131 Å². The van der Waals surface area contributed by atoms with Crippen molar-refractivity contribution in [2.45, 2.75) is 6.61 Å². The van der Waals surface area contributed by atoms with E-state index < -0.39 is 5.97 Å². The smallest absolute Gasteiger partial charge is 0.335 e. The maximum absolute atomic E-state index is 11.0. The number of hydrogen-bond acceptors (Lipinski definition) is 4. The molecule has 5 heteroatoms. The number of rotatable bonds is 5.